The Hall–Kier alpha value is -2.29. The highest BCUT2D eigenvalue weighted by molar-refractivity contribution is 5.97. The Morgan fingerprint density at radius 1 is 1.06 bits per heavy atom. The largest absolute Gasteiger partial charge is 0.397 e. The SMILES string of the molecule is NC1=CC(=O)C(C=Cc2ccccc2)C=C1N. The molecule has 4 N–H and O–H groups in total. The maximum atomic E-state index is 11.7. The molecule has 86 valence electrons. The van der Waals surface area contributed by atoms with Gasteiger partial charge in [-0.1, -0.05) is 42.5 Å². The van der Waals surface area contributed by atoms with Gasteiger partial charge in [-0.05, 0) is 11.6 Å². The molecule has 0 aromatic heterocycles. The monoisotopic (exact) mass is 226 g/mol. The summed E-state index contributed by atoms with van der Waals surface area (Å²) >= 11 is 0. The molecular formula is C14H14N2O. The molecule has 0 radical (unpaired) electrons. The molecule has 1 aromatic rings. The van der Waals surface area contributed by atoms with E-state index in [0.29, 0.717) is 11.4 Å². The van der Waals surface area contributed by atoms with Crippen molar-refractivity contribution in [1.82, 2.24) is 0 Å². The molecule has 0 saturated heterocycles. The highest BCUT2D eigenvalue weighted by Gasteiger charge is 2.17. The van der Waals surface area contributed by atoms with Crippen LogP contribution in [-0.2, 0) is 4.79 Å². The molecule has 1 atom stereocenters. The first-order valence-corrected chi connectivity index (χ1v) is 5.39. The van der Waals surface area contributed by atoms with Crippen molar-refractivity contribution in [3.05, 3.63) is 65.5 Å². The van der Waals surface area contributed by atoms with Crippen LogP contribution in [0.25, 0.3) is 6.08 Å². The van der Waals surface area contributed by atoms with Crippen molar-refractivity contribution in [2.24, 2.45) is 17.4 Å². The van der Waals surface area contributed by atoms with Crippen molar-refractivity contribution >= 4 is 11.9 Å². The summed E-state index contributed by atoms with van der Waals surface area (Å²) in [6, 6.07) is 9.79. The van der Waals surface area contributed by atoms with Crippen LogP contribution in [0.5, 0.6) is 0 Å². The van der Waals surface area contributed by atoms with E-state index >= 15 is 0 Å². The van der Waals surface area contributed by atoms with Gasteiger partial charge in [0.2, 0.25) is 0 Å². The van der Waals surface area contributed by atoms with Crippen molar-refractivity contribution in [2.45, 2.75) is 0 Å². The van der Waals surface area contributed by atoms with Crippen LogP contribution >= 0.6 is 0 Å². The Bertz CT molecular complexity index is 512. The van der Waals surface area contributed by atoms with Crippen LogP contribution in [0.3, 0.4) is 0 Å². The minimum absolute atomic E-state index is 0.0381. The molecule has 1 aliphatic carbocycles. The van der Waals surface area contributed by atoms with Crippen LogP contribution in [0.4, 0.5) is 0 Å². The van der Waals surface area contributed by atoms with E-state index < -0.39 is 0 Å². The average molecular weight is 226 g/mol. The smallest absolute Gasteiger partial charge is 0.168 e. The molecule has 0 saturated carbocycles. The normalized spacial score (nSPS) is 20.2. The van der Waals surface area contributed by atoms with Crippen LogP contribution in [0.1, 0.15) is 5.56 Å². The highest BCUT2D eigenvalue weighted by Crippen LogP contribution is 2.16. The molecule has 17 heavy (non-hydrogen) atoms. The number of nitrogens with two attached hydrogens (primary N) is 2. The minimum Gasteiger partial charge on any atom is -0.397 e. The quantitative estimate of drug-likeness (QED) is 0.804. The summed E-state index contributed by atoms with van der Waals surface area (Å²) < 4.78 is 0. The predicted octanol–water partition coefficient (Wildman–Crippen LogP) is 1.58. The van der Waals surface area contributed by atoms with Crippen LogP contribution in [0.15, 0.2) is 60.0 Å². The Balaban J connectivity index is 2.16. The lowest BCUT2D eigenvalue weighted by molar-refractivity contribution is -0.116. The lowest BCUT2D eigenvalue weighted by Gasteiger charge is -2.13. The molecule has 0 heterocycles. The molecule has 0 bridgehead atoms. The maximum Gasteiger partial charge on any atom is 0.168 e. The third-order valence-corrected chi connectivity index (χ3v) is 2.61. The van der Waals surface area contributed by atoms with Crippen LogP contribution in [-0.4, -0.2) is 5.78 Å². The lowest BCUT2D eigenvalue weighted by atomic mass is 9.95. The van der Waals surface area contributed by atoms with Gasteiger partial charge < -0.3 is 11.5 Å². The van der Waals surface area contributed by atoms with Gasteiger partial charge in [-0.15, -0.1) is 0 Å². The van der Waals surface area contributed by atoms with E-state index in [1.807, 2.05) is 42.5 Å². The molecule has 0 spiro atoms. The van der Waals surface area contributed by atoms with Gasteiger partial charge in [0.05, 0.1) is 17.3 Å². The van der Waals surface area contributed by atoms with Crippen LogP contribution < -0.4 is 11.5 Å². The molecule has 3 heteroatoms. The van der Waals surface area contributed by atoms with E-state index in [9.17, 15) is 4.79 Å². The van der Waals surface area contributed by atoms with Gasteiger partial charge >= 0.3 is 0 Å². The van der Waals surface area contributed by atoms with Crippen molar-refractivity contribution < 1.29 is 4.79 Å². The van der Waals surface area contributed by atoms with E-state index in [0.717, 1.165) is 5.56 Å². The summed E-state index contributed by atoms with van der Waals surface area (Å²) in [5, 5.41) is 0. The van der Waals surface area contributed by atoms with Gasteiger partial charge in [-0.2, -0.15) is 0 Å². The van der Waals surface area contributed by atoms with E-state index in [1.54, 1.807) is 6.08 Å². The number of allylic oxidation sites excluding steroid dienone is 3. The van der Waals surface area contributed by atoms with Crippen LogP contribution in [0, 0.1) is 5.92 Å². The maximum absolute atomic E-state index is 11.7. The number of ketones is 1. The van der Waals surface area contributed by atoms with Crippen molar-refractivity contribution in [2.75, 3.05) is 0 Å². The fourth-order valence-corrected chi connectivity index (χ4v) is 1.63. The first-order valence-electron chi connectivity index (χ1n) is 5.39. The van der Waals surface area contributed by atoms with E-state index in [4.69, 9.17) is 11.5 Å². The summed E-state index contributed by atoms with van der Waals surface area (Å²) in [5.74, 6) is -0.355. The fraction of sp³-hybridized carbons (Fsp3) is 0.0714. The molecule has 1 aromatic carbocycles. The molecule has 0 aliphatic heterocycles. The van der Waals surface area contributed by atoms with Crippen molar-refractivity contribution in [3.8, 4) is 0 Å². The molecule has 0 fully saturated rings. The predicted molar refractivity (Wildman–Crippen MR) is 68.5 cm³/mol. The second-order valence-corrected chi connectivity index (χ2v) is 3.92. The van der Waals surface area contributed by atoms with Gasteiger partial charge in [0.1, 0.15) is 0 Å². The number of hydrogen-bond donors (Lipinski definition) is 2. The summed E-state index contributed by atoms with van der Waals surface area (Å²) in [4.78, 5) is 11.7. The van der Waals surface area contributed by atoms with Crippen LogP contribution in [0.2, 0.25) is 0 Å². The fourth-order valence-electron chi connectivity index (χ4n) is 1.63. The second-order valence-electron chi connectivity index (χ2n) is 3.92. The topological polar surface area (TPSA) is 69.1 Å². The first kappa shape index (κ1) is 11.2. The Labute approximate surface area is 100 Å². The summed E-state index contributed by atoms with van der Waals surface area (Å²) in [6.07, 6.45) is 6.79. The van der Waals surface area contributed by atoms with Crippen molar-refractivity contribution in [3.63, 3.8) is 0 Å². The number of rotatable bonds is 2. The lowest BCUT2D eigenvalue weighted by Crippen LogP contribution is -2.21. The Kier molecular flexibility index (Phi) is 3.10. The van der Waals surface area contributed by atoms with E-state index in [-0.39, 0.29) is 11.7 Å². The molecule has 1 aliphatic rings. The highest BCUT2D eigenvalue weighted by atomic mass is 16.1. The number of carbonyl (C=O) groups excluding carboxylic acids is 1. The Morgan fingerprint density at radius 3 is 2.47 bits per heavy atom. The van der Waals surface area contributed by atoms with Crippen molar-refractivity contribution in [1.29, 1.82) is 0 Å². The summed E-state index contributed by atoms with van der Waals surface area (Å²) in [6.45, 7) is 0. The molecular weight excluding hydrogens is 212 g/mol. The standard InChI is InChI=1S/C14H14N2O/c15-12-8-11(14(17)9-13(12)16)7-6-10-4-2-1-3-5-10/h1-9,11H,15-16H2. The summed E-state index contributed by atoms with van der Waals surface area (Å²) in [7, 11) is 0. The summed E-state index contributed by atoms with van der Waals surface area (Å²) in [5.41, 5.74) is 13.1. The van der Waals surface area contributed by atoms with E-state index in [1.165, 1.54) is 6.08 Å². The molecule has 2 rings (SSSR count). The first-order chi connectivity index (χ1) is 8.16. The zero-order chi connectivity index (χ0) is 12.3. The van der Waals surface area contributed by atoms with Gasteiger partial charge in [-0.3, -0.25) is 4.79 Å². The molecule has 0 amide bonds. The second kappa shape index (κ2) is 4.70. The zero-order valence-electron chi connectivity index (χ0n) is 9.34. The van der Waals surface area contributed by atoms with E-state index in [2.05, 4.69) is 0 Å². The van der Waals surface area contributed by atoms with Gasteiger partial charge in [0, 0.05) is 6.08 Å². The zero-order valence-corrected chi connectivity index (χ0v) is 9.34. The third-order valence-electron chi connectivity index (χ3n) is 2.61. The number of carbonyl (C=O) groups is 1. The average Bonchev–Trinajstić information content (AvgIpc) is 2.33. The molecule has 3 nitrogen and oxygen atoms in total. The number of hydrogen-bond acceptors (Lipinski definition) is 3. The third kappa shape index (κ3) is 2.64. The van der Waals surface area contributed by atoms with Gasteiger partial charge in [0.15, 0.2) is 5.78 Å². The minimum atomic E-state index is -0.317. The van der Waals surface area contributed by atoms with Gasteiger partial charge in [-0.25, -0.2) is 0 Å². The number of benzene rings is 1. The Morgan fingerprint density at radius 2 is 1.76 bits per heavy atom. The molecule has 1 unspecified atom stereocenters. The van der Waals surface area contributed by atoms with Gasteiger partial charge in [0.25, 0.3) is 0 Å².